The lowest BCUT2D eigenvalue weighted by Crippen LogP contribution is -2.28. The highest BCUT2D eigenvalue weighted by atomic mass is 16.2. The Labute approximate surface area is 136 Å². The highest BCUT2D eigenvalue weighted by molar-refractivity contribution is 6.19. The van der Waals surface area contributed by atoms with Crippen LogP contribution in [0, 0.1) is 0 Å². The van der Waals surface area contributed by atoms with E-state index in [0.29, 0.717) is 11.5 Å². The first-order valence-corrected chi connectivity index (χ1v) is 7.47. The molecule has 0 aromatic heterocycles. The second kappa shape index (κ2) is 6.08. The molecule has 4 nitrogen and oxygen atoms in total. The van der Waals surface area contributed by atoms with E-state index in [2.05, 4.69) is 4.99 Å². The molecule has 1 aliphatic heterocycles. The highest BCUT2D eigenvalue weighted by Crippen LogP contribution is 2.21. The molecule has 0 spiro atoms. The van der Waals surface area contributed by atoms with Crippen molar-refractivity contribution in [3.8, 4) is 0 Å². The number of nitrogens with zero attached hydrogens (tertiary/aromatic N) is 3. The van der Waals surface area contributed by atoms with Gasteiger partial charge in [-0.3, -0.25) is 9.69 Å². The van der Waals surface area contributed by atoms with Crippen molar-refractivity contribution in [1.29, 1.82) is 0 Å². The number of anilines is 1. The SMILES string of the molecule is CN1C(=O)/C(=C/c2ccc(N(C)C)cc2)N=C1c1ccccc1. The smallest absolute Gasteiger partial charge is 0.277 e. The highest BCUT2D eigenvalue weighted by Gasteiger charge is 2.27. The average Bonchev–Trinajstić information content (AvgIpc) is 2.85. The number of amides is 1. The van der Waals surface area contributed by atoms with Crippen LogP contribution >= 0.6 is 0 Å². The molecule has 116 valence electrons. The van der Waals surface area contributed by atoms with Gasteiger partial charge in [0.2, 0.25) is 0 Å². The Balaban J connectivity index is 1.93. The van der Waals surface area contributed by atoms with Gasteiger partial charge >= 0.3 is 0 Å². The fraction of sp³-hybridized carbons (Fsp3) is 0.158. The summed E-state index contributed by atoms with van der Waals surface area (Å²) in [4.78, 5) is 20.6. The number of amidine groups is 1. The van der Waals surface area contributed by atoms with Gasteiger partial charge in [0.25, 0.3) is 5.91 Å². The minimum absolute atomic E-state index is 0.0828. The number of hydrogen-bond donors (Lipinski definition) is 0. The minimum atomic E-state index is -0.0828. The van der Waals surface area contributed by atoms with Gasteiger partial charge in [-0.2, -0.15) is 0 Å². The van der Waals surface area contributed by atoms with Gasteiger partial charge in [0, 0.05) is 32.4 Å². The summed E-state index contributed by atoms with van der Waals surface area (Å²) < 4.78 is 0. The van der Waals surface area contributed by atoms with Crippen LogP contribution in [-0.2, 0) is 4.79 Å². The third-order valence-electron chi connectivity index (χ3n) is 3.81. The molecule has 0 unspecified atom stereocenters. The Bertz CT molecular complexity index is 774. The molecule has 0 bridgehead atoms. The van der Waals surface area contributed by atoms with Gasteiger partial charge in [-0.1, -0.05) is 42.5 Å². The number of rotatable bonds is 3. The van der Waals surface area contributed by atoms with Crippen LogP contribution < -0.4 is 4.90 Å². The lowest BCUT2D eigenvalue weighted by atomic mass is 10.1. The standard InChI is InChI=1S/C19H19N3O/c1-21(2)16-11-9-14(10-12-16)13-17-19(23)22(3)18(20-17)15-7-5-4-6-8-15/h4-13H,1-3H3/b17-13-. The summed E-state index contributed by atoms with van der Waals surface area (Å²) in [7, 11) is 5.75. The third kappa shape index (κ3) is 3.01. The van der Waals surface area contributed by atoms with Crippen molar-refractivity contribution in [3.05, 3.63) is 71.4 Å². The summed E-state index contributed by atoms with van der Waals surface area (Å²) in [5, 5.41) is 0. The lowest BCUT2D eigenvalue weighted by Gasteiger charge is -2.12. The predicted molar refractivity (Wildman–Crippen MR) is 94.5 cm³/mol. The first-order valence-electron chi connectivity index (χ1n) is 7.47. The van der Waals surface area contributed by atoms with Crippen LogP contribution in [0.4, 0.5) is 5.69 Å². The molecule has 0 atom stereocenters. The molecule has 0 fully saturated rings. The number of carbonyl (C=O) groups is 1. The summed E-state index contributed by atoms with van der Waals surface area (Å²) in [6.07, 6.45) is 1.83. The molecular formula is C19H19N3O. The molecular weight excluding hydrogens is 286 g/mol. The van der Waals surface area contributed by atoms with Crippen molar-refractivity contribution >= 4 is 23.5 Å². The van der Waals surface area contributed by atoms with Crippen LogP contribution in [0.5, 0.6) is 0 Å². The fourth-order valence-corrected chi connectivity index (χ4v) is 2.47. The molecule has 2 aromatic rings. The van der Waals surface area contributed by atoms with Gasteiger partial charge in [-0.25, -0.2) is 4.99 Å². The Morgan fingerprint density at radius 3 is 2.26 bits per heavy atom. The van der Waals surface area contributed by atoms with Crippen LogP contribution in [0.1, 0.15) is 11.1 Å². The predicted octanol–water partition coefficient (Wildman–Crippen LogP) is 3.01. The molecule has 23 heavy (non-hydrogen) atoms. The second-order valence-electron chi connectivity index (χ2n) is 5.68. The molecule has 0 radical (unpaired) electrons. The second-order valence-corrected chi connectivity index (χ2v) is 5.68. The van der Waals surface area contributed by atoms with Crippen LogP contribution in [0.3, 0.4) is 0 Å². The van der Waals surface area contributed by atoms with Crippen LogP contribution in [0.15, 0.2) is 65.3 Å². The van der Waals surface area contributed by atoms with Crippen LogP contribution in [0.2, 0.25) is 0 Å². The summed E-state index contributed by atoms with van der Waals surface area (Å²) in [5.74, 6) is 0.604. The number of benzene rings is 2. The number of carbonyl (C=O) groups excluding carboxylic acids is 1. The van der Waals surface area contributed by atoms with E-state index in [1.54, 1.807) is 11.9 Å². The van der Waals surface area contributed by atoms with Crippen molar-refractivity contribution in [2.45, 2.75) is 0 Å². The number of likely N-dealkylation sites (N-methyl/N-ethyl adjacent to an activating group) is 1. The summed E-state index contributed by atoms with van der Waals surface area (Å²) in [6.45, 7) is 0. The molecule has 2 aromatic carbocycles. The van der Waals surface area contributed by atoms with Crippen molar-refractivity contribution in [3.63, 3.8) is 0 Å². The molecule has 4 heteroatoms. The van der Waals surface area contributed by atoms with Gasteiger partial charge < -0.3 is 4.90 Å². The zero-order chi connectivity index (χ0) is 16.4. The fourth-order valence-electron chi connectivity index (χ4n) is 2.47. The molecule has 1 amide bonds. The Hall–Kier alpha value is -2.88. The average molecular weight is 305 g/mol. The Morgan fingerprint density at radius 2 is 1.65 bits per heavy atom. The normalized spacial score (nSPS) is 16.0. The van der Waals surface area contributed by atoms with E-state index in [4.69, 9.17) is 0 Å². The van der Waals surface area contributed by atoms with Crippen molar-refractivity contribution in [2.24, 2.45) is 4.99 Å². The Kier molecular flexibility index (Phi) is 3.98. The van der Waals surface area contributed by atoms with Crippen LogP contribution in [0.25, 0.3) is 6.08 Å². The molecule has 0 saturated heterocycles. The van der Waals surface area contributed by atoms with Gasteiger partial charge in [-0.05, 0) is 23.8 Å². The topological polar surface area (TPSA) is 35.9 Å². The zero-order valence-electron chi connectivity index (χ0n) is 13.5. The van der Waals surface area contributed by atoms with Crippen molar-refractivity contribution in [2.75, 3.05) is 26.0 Å². The van der Waals surface area contributed by atoms with Crippen molar-refractivity contribution in [1.82, 2.24) is 4.90 Å². The molecule has 0 N–H and O–H groups in total. The first-order chi connectivity index (χ1) is 11.1. The largest absolute Gasteiger partial charge is 0.378 e. The summed E-state index contributed by atoms with van der Waals surface area (Å²) in [5.41, 5.74) is 3.49. The molecule has 1 heterocycles. The van der Waals surface area contributed by atoms with E-state index in [1.807, 2.05) is 79.7 Å². The zero-order valence-corrected chi connectivity index (χ0v) is 13.5. The van der Waals surface area contributed by atoms with E-state index < -0.39 is 0 Å². The molecule has 3 rings (SSSR count). The van der Waals surface area contributed by atoms with Gasteiger partial charge in [0.15, 0.2) is 0 Å². The van der Waals surface area contributed by atoms with E-state index in [1.165, 1.54) is 0 Å². The Morgan fingerprint density at radius 1 is 1.00 bits per heavy atom. The summed E-state index contributed by atoms with van der Waals surface area (Å²) in [6, 6.07) is 17.8. The molecule has 1 aliphatic rings. The maximum absolute atomic E-state index is 12.4. The van der Waals surface area contributed by atoms with Gasteiger partial charge in [0.05, 0.1) is 0 Å². The third-order valence-corrected chi connectivity index (χ3v) is 3.81. The maximum atomic E-state index is 12.4. The monoisotopic (exact) mass is 305 g/mol. The first kappa shape index (κ1) is 15.0. The maximum Gasteiger partial charge on any atom is 0.277 e. The quantitative estimate of drug-likeness (QED) is 0.817. The van der Waals surface area contributed by atoms with E-state index in [0.717, 1.165) is 16.8 Å². The van der Waals surface area contributed by atoms with Gasteiger partial charge in [-0.15, -0.1) is 0 Å². The van der Waals surface area contributed by atoms with Gasteiger partial charge in [0.1, 0.15) is 11.5 Å². The lowest BCUT2D eigenvalue weighted by molar-refractivity contribution is -0.121. The summed E-state index contributed by atoms with van der Waals surface area (Å²) >= 11 is 0. The van der Waals surface area contributed by atoms with E-state index in [-0.39, 0.29) is 5.91 Å². The van der Waals surface area contributed by atoms with E-state index >= 15 is 0 Å². The van der Waals surface area contributed by atoms with Crippen LogP contribution in [-0.4, -0.2) is 37.8 Å². The molecule has 0 aliphatic carbocycles. The number of aliphatic imine (C=N–C) groups is 1. The van der Waals surface area contributed by atoms with E-state index in [9.17, 15) is 4.79 Å². The number of hydrogen-bond acceptors (Lipinski definition) is 3. The minimum Gasteiger partial charge on any atom is -0.378 e. The molecule has 0 saturated carbocycles. The van der Waals surface area contributed by atoms with Crippen molar-refractivity contribution < 1.29 is 4.79 Å².